The molecule has 28 heavy (non-hydrogen) atoms. The van der Waals surface area contributed by atoms with E-state index in [1.807, 2.05) is 11.4 Å². The van der Waals surface area contributed by atoms with Gasteiger partial charge in [0.2, 0.25) is 0 Å². The Labute approximate surface area is 166 Å². The van der Waals surface area contributed by atoms with E-state index in [9.17, 15) is 9.18 Å². The van der Waals surface area contributed by atoms with Crippen molar-refractivity contribution in [3.63, 3.8) is 0 Å². The Hall–Kier alpha value is -2.66. The number of aryl methyl sites for hydroxylation is 1. The molecule has 0 amide bonds. The lowest BCUT2D eigenvalue weighted by atomic mass is 9.95. The van der Waals surface area contributed by atoms with Crippen molar-refractivity contribution in [2.75, 3.05) is 7.11 Å². The monoisotopic (exact) mass is 395 g/mol. The highest BCUT2D eigenvalue weighted by Crippen LogP contribution is 2.41. The standard InChI is InChI=1S/C23H22FNO2S/c1-3-4-5-6-14-7-9-15(10-8-14)19-18(27-2)13-17(24)21-20(19)16-11-12-28-22(16)23(26)25-21/h7-13H,3-6H2,1-2H3,(H,25,26). The number of hydrogen-bond donors (Lipinski definition) is 1. The number of methoxy groups -OCH3 is 1. The van der Waals surface area contributed by atoms with Gasteiger partial charge in [0.25, 0.3) is 5.56 Å². The maximum absolute atomic E-state index is 14.7. The fourth-order valence-corrected chi connectivity index (χ4v) is 4.53. The van der Waals surface area contributed by atoms with Crippen molar-refractivity contribution >= 4 is 32.3 Å². The van der Waals surface area contributed by atoms with Crippen molar-refractivity contribution in [1.82, 2.24) is 4.98 Å². The van der Waals surface area contributed by atoms with E-state index >= 15 is 0 Å². The highest BCUT2D eigenvalue weighted by Gasteiger charge is 2.19. The largest absolute Gasteiger partial charge is 0.496 e. The summed E-state index contributed by atoms with van der Waals surface area (Å²) in [7, 11) is 1.54. The predicted octanol–water partition coefficient (Wildman–Crippen LogP) is 6.29. The number of thiophene rings is 1. The molecule has 0 bridgehead atoms. The highest BCUT2D eigenvalue weighted by atomic mass is 32.1. The van der Waals surface area contributed by atoms with Crippen molar-refractivity contribution in [2.24, 2.45) is 0 Å². The molecule has 4 rings (SSSR count). The molecule has 4 aromatic rings. The smallest absolute Gasteiger partial charge is 0.266 e. The van der Waals surface area contributed by atoms with Crippen LogP contribution in [0.5, 0.6) is 5.75 Å². The number of rotatable bonds is 6. The Morgan fingerprint density at radius 1 is 1.14 bits per heavy atom. The first kappa shape index (κ1) is 18.7. The molecule has 0 aliphatic carbocycles. The Kier molecular flexibility index (Phi) is 5.18. The molecule has 2 heterocycles. The number of halogens is 1. The van der Waals surface area contributed by atoms with Gasteiger partial charge in [0, 0.05) is 22.4 Å². The SMILES string of the molecule is CCCCCc1ccc(-c2c(OC)cc(F)c3[nH]c(=O)c4sccc4c23)cc1. The molecule has 0 unspecified atom stereocenters. The fraction of sp³-hybridized carbons (Fsp3) is 0.261. The maximum atomic E-state index is 14.7. The van der Waals surface area contributed by atoms with Crippen LogP contribution in [0, 0.1) is 5.82 Å². The van der Waals surface area contributed by atoms with E-state index in [1.165, 1.54) is 42.2 Å². The highest BCUT2D eigenvalue weighted by molar-refractivity contribution is 7.17. The summed E-state index contributed by atoms with van der Waals surface area (Å²) < 4.78 is 20.9. The van der Waals surface area contributed by atoms with Crippen LogP contribution >= 0.6 is 11.3 Å². The number of unbranched alkanes of at least 4 members (excludes halogenated alkanes) is 2. The molecule has 144 valence electrons. The van der Waals surface area contributed by atoms with E-state index in [4.69, 9.17) is 4.74 Å². The second kappa shape index (κ2) is 7.76. The van der Waals surface area contributed by atoms with Crippen LogP contribution in [0.25, 0.3) is 32.1 Å². The lowest BCUT2D eigenvalue weighted by Gasteiger charge is -2.14. The molecule has 0 aliphatic rings. The van der Waals surface area contributed by atoms with Crippen molar-refractivity contribution in [1.29, 1.82) is 0 Å². The number of nitrogens with one attached hydrogen (secondary N) is 1. The topological polar surface area (TPSA) is 42.1 Å². The second-order valence-corrected chi connectivity index (χ2v) is 7.87. The van der Waals surface area contributed by atoms with Gasteiger partial charge in [0.1, 0.15) is 10.4 Å². The zero-order valence-corrected chi connectivity index (χ0v) is 16.8. The van der Waals surface area contributed by atoms with E-state index in [0.717, 1.165) is 22.9 Å². The van der Waals surface area contributed by atoms with Gasteiger partial charge in [0.15, 0.2) is 5.82 Å². The summed E-state index contributed by atoms with van der Waals surface area (Å²) in [5, 5.41) is 3.30. The molecular formula is C23H22FNO2S. The van der Waals surface area contributed by atoms with Gasteiger partial charge in [-0.05, 0) is 35.4 Å². The average Bonchev–Trinajstić information content (AvgIpc) is 3.20. The van der Waals surface area contributed by atoms with Crippen molar-refractivity contribution in [3.8, 4) is 16.9 Å². The first-order valence-corrected chi connectivity index (χ1v) is 10.4. The van der Waals surface area contributed by atoms with E-state index in [-0.39, 0.29) is 11.1 Å². The molecule has 5 heteroatoms. The molecule has 2 aromatic carbocycles. The Morgan fingerprint density at radius 2 is 1.93 bits per heavy atom. The molecule has 0 saturated heterocycles. The molecule has 2 aromatic heterocycles. The van der Waals surface area contributed by atoms with E-state index in [0.29, 0.717) is 15.8 Å². The molecule has 0 saturated carbocycles. The minimum atomic E-state index is -0.489. The number of pyridine rings is 1. The van der Waals surface area contributed by atoms with Gasteiger partial charge in [-0.15, -0.1) is 11.3 Å². The Morgan fingerprint density at radius 3 is 2.64 bits per heavy atom. The van der Waals surface area contributed by atoms with Crippen LogP contribution < -0.4 is 10.3 Å². The van der Waals surface area contributed by atoms with E-state index in [1.54, 1.807) is 7.11 Å². The molecule has 0 aliphatic heterocycles. The molecule has 0 fully saturated rings. The third-order valence-electron chi connectivity index (χ3n) is 5.15. The van der Waals surface area contributed by atoms with Gasteiger partial charge in [0.05, 0.1) is 12.6 Å². The summed E-state index contributed by atoms with van der Waals surface area (Å²) in [5.74, 6) is -0.0275. The predicted molar refractivity (Wildman–Crippen MR) is 115 cm³/mol. The maximum Gasteiger partial charge on any atom is 0.266 e. The number of fused-ring (bicyclic) bond motifs is 3. The summed E-state index contributed by atoms with van der Waals surface area (Å²) >= 11 is 1.36. The number of hydrogen-bond acceptors (Lipinski definition) is 3. The molecule has 1 N–H and O–H groups in total. The molecule has 3 nitrogen and oxygen atoms in total. The van der Waals surface area contributed by atoms with Gasteiger partial charge in [-0.2, -0.15) is 0 Å². The van der Waals surface area contributed by atoms with Gasteiger partial charge in [-0.3, -0.25) is 4.79 Å². The lowest BCUT2D eigenvalue weighted by molar-refractivity contribution is 0.414. The number of benzene rings is 2. The third-order valence-corrected chi connectivity index (χ3v) is 6.07. The average molecular weight is 395 g/mol. The zero-order valence-electron chi connectivity index (χ0n) is 16.0. The van der Waals surface area contributed by atoms with Crippen LogP contribution in [0.2, 0.25) is 0 Å². The summed E-state index contributed by atoms with van der Waals surface area (Å²) in [6, 6.07) is 11.6. The summed E-state index contributed by atoms with van der Waals surface area (Å²) in [4.78, 5) is 15.1. The Bertz CT molecular complexity index is 1190. The molecule has 0 radical (unpaired) electrons. The van der Waals surface area contributed by atoms with Crippen molar-refractivity contribution in [3.05, 3.63) is 63.5 Å². The summed E-state index contributed by atoms with van der Waals surface area (Å²) in [6.45, 7) is 2.20. The number of aromatic nitrogens is 1. The van der Waals surface area contributed by atoms with Crippen molar-refractivity contribution in [2.45, 2.75) is 32.6 Å². The van der Waals surface area contributed by atoms with E-state index in [2.05, 4.69) is 36.2 Å². The van der Waals surface area contributed by atoms with E-state index < -0.39 is 5.82 Å². The van der Waals surface area contributed by atoms with Crippen LogP contribution in [0.1, 0.15) is 31.7 Å². The Balaban J connectivity index is 1.94. The third kappa shape index (κ3) is 3.20. The number of ether oxygens (including phenoxy) is 1. The molecule has 0 atom stereocenters. The zero-order chi connectivity index (χ0) is 19.7. The van der Waals surface area contributed by atoms with Gasteiger partial charge < -0.3 is 9.72 Å². The van der Waals surface area contributed by atoms with Crippen molar-refractivity contribution < 1.29 is 9.13 Å². The fourth-order valence-electron chi connectivity index (χ4n) is 3.74. The lowest BCUT2D eigenvalue weighted by Crippen LogP contribution is -2.06. The van der Waals surface area contributed by atoms with Crippen LogP contribution in [0.15, 0.2) is 46.6 Å². The first-order chi connectivity index (χ1) is 13.6. The molecular weight excluding hydrogens is 373 g/mol. The summed E-state index contributed by atoms with van der Waals surface area (Å²) in [5.41, 5.74) is 2.99. The van der Waals surface area contributed by atoms with Crippen LogP contribution in [-0.2, 0) is 6.42 Å². The van der Waals surface area contributed by atoms with Gasteiger partial charge >= 0.3 is 0 Å². The first-order valence-electron chi connectivity index (χ1n) is 9.53. The van der Waals surface area contributed by atoms with Crippen LogP contribution in [-0.4, -0.2) is 12.1 Å². The number of aromatic amines is 1. The second-order valence-electron chi connectivity index (χ2n) is 6.96. The minimum Gasteiger partial charge on any atom is -0.496 e. The van der Waals surface area contributed by atoms with Gasteiger partial charge in [-0.1, -0.05) is 44.0 Å². The van der Waals surface area contributed by atoms with Crippen LogP contribution in [0.4, 0.5) is 4.39 Å². The normalized spacial score (nSPS) is 11.4. The summed E-state index contributed by atoms with van der Waals surface area (Å²) in [6.07, 6.45) is 4.65. The minimum absolute atomic E-state index is 0.221. The quantitative estimate of drug-likeness (QED) is 0.390. The van der Waals surface area contributed by atoms with Gasteiger partial charge in [-0.25, -0.2) is 4.39 Å². The number of H-pyrrole nitrogens is 1. The van der Waals surface area contributed by atoms with Crippen LogP contribution in [0.3, 0.4) is 0 Å². The molecule has 0 spiro atoms.